The Hall–Kier alpha value is -0.370. The van der Waals surface area contributed by atoms with Gasteiger partial charge in [-0.15, -0.1) is 0 Å². The van der Waals surface area contributed by atoms with Gasteiger partial charge >= 0.3 is 0 Å². The van der Waals surface area contributed by atoms with Crippen LogP contribution in [0.4, 0.5) is 0 Å². The van der Waals surface area contributed by atoms with Crippen molar-refractivity contribution in [1.82, 2.24) is 0 Å². The number of hydrogen-bond donors (Lipinski definition) is 0. The van der Waals surface area contributed by atoms with E-state index in [0.29, 0.717) is 11.7 Å². The maximum Gasteiger partial charge on any atom is 0.164 e. The fourth-order valence-corrected chi connectivity index (χ4v) is 2.51. The van der Waals surface area contributed by atoms with Crippen molar-refractivity contribution in [2.75, 3.05) is 7.11 Å². The average molecular weight is 212 g/mol. The Labute approximate surface area is 93.4 Å². The van der Waals surface area contributed by atoms with Gasteiger partial charge in [0.25, 0.3) is 0 Å². The lowest BCUT2D eigenvalue weighted by atomic mass is 9.88. The van der Waals surface area contributed by atoms with Crippen LogP contribution < -0.4 is 0 Å². The van der Waals surface area contributed by atoms with Crippen LogP contribution in [0.25, 0.3) is 0 Å². The second-order valence-electron chi connectivity index (χ2n) is 4.99. The maximum absolute atomic E-state index is 12.2. The van der Waals surface area contributed by atoms with Crippen molar-refractivity contribution in [3.8, 4) is 0 Å². The summed E-state index contributed by atoms with van der Waals surface area (Å²) in [7, 11) is 1.65. The van der Waals surface area contributed by atoms with E-state index in [1.165, 1.54) is 25.7 Å². The minimum Gasteiger partial charge on any atom is -0.373 e. The summed E-state index contributed by atoms with van der Waals surface area (Å²) in [5.41, 5.74) is 0. The highest BCUT2D eigenvalue weighted by molar-refractivity contribution is 5.85. The quantitative estimate of drug-likeness (QED) is 0.669. The highest BCUT2D eigenvalue weighted by Crippen LogP contribution is 2.26. The maximum atomic E-state index is 12.2. The standard InChI is InChI=1S/C13H24O2/c1-10(2)13(15-3)12(14)11-8-6-4-5-7-9-11/h10-11,13H,4-9H2,1-3H3. The molecule has 0 aromatic rings. The van der Waals surface area contributed by atoms with Crippen molar-refractivity contribution >= 4 is 5.78 Å². The number of carbonyl (C=O) groups is 1. The van der Waals surface area contributed by atoms with Crippen molar-refractivity contribution < 1.29 is 9.53 Å². The Balaban J connectivity index is 2.55. The van der Waals surface area contributed by atoms with Gasteiger partial charge in [-0.2, -0.15) is 0 Å². The molecular weight excluding hydrogens is 188 g/mol. The van der Waals surface area contributed by atoms with Crippen molar-refractivity contribution in [3.63, 3.8) is 0 Å². The van der Waals surface area contributed by atoms with Crippen LogP contribution in [0.5, 0.6) is 0 Å². The minimum absolute atomic E-state index is 0.187. The molecule has 0 aliphatic heterocycles. The van der Waals surface area contributed by atoms with Crippen LogP contribution in [0.1, 0.15) is 52.4 Å². The van der Waals surface area contributed by atoms with Crippen LogP contribution >= 0.6 is 0 Å². The van der Waals surface area contributed by atoms with E-state index in [1.807, 2.05) is 0 Å². The Morgan fingerprint density at radius 1 is 1.13 bits per heavy atom. The molecule has 1 rings (SSSR count). The Morgan fingerprint density at radius 3 is 2.07 bits per heavy atom. The lowest BCUT2D eigenvalue weighted by molar-refractivity contribution is -0.135. The molecule has 2 heteroatoms. The van der Waals surface area contributed by atoms with Crippen LogP contribution in [0, 0.1) is 11.8 Å². The van der Waals surface area contributed by atoms with Gasteiger partial charge in [-0.25, -0.2) is 0 Å². The van der Waals surface area contributed by atoms with E-state index in [1.54, 1.807) is 7.11 Å². The smallest absolute Gasteiger partial charge is 0.164 e. The molecule has 0 spiro atoms. The van der Waals surface area contributed by atoms with Crippen molar-refractivity contribution in [2.45, 2.75) is 58.5 Å². The van der Waals surface area contributed by atoms with Crippen molar-refractivity contribution in [2.24, 2.45) is 11.8 Å². The topological polar surface area (TPSA) is 26.3 Å². The summed E-state index contributed by atoms with van der Waals surface area (Å²) in [6.45, 7) is 4.12. The average Bonchev–Trinajstić information content (AvgIpc) is 2.45. The monoisotopic (exact) mass is 212 g/mol. The molecule has 88 valence electrons. The molecule has 1 aliphatic rings. The van der Waals surface area contributed by atoms with E-state index in [0.717, 1.165) is 12.8 Å². The van der Waals surface area contributed by atoms with Gasteiger partial charge < -0.3 is 4.74 Å². The normalized spacial score (nSPS) is 21.3. The number of carbonyl (C=O) groups excluding carboxylic acids is 1. The third-order valence-electron chi connectivity index (χ3n) is 3.40. The number of methoxy groups -OCH3 is 1. The van der Waals surface area contributed by atoms with Crippen molar-refractivity contribution in [1.29, 1.82) is 0 Å². The molecule has 1 unspecified atom stereocenters. The molecule has 2 nitrogen and oxygen atoms in total. The molecule has 0 aromatic carbocycles. The van der Waals surface area contributed by atoms with Gasteiger partial charge in [-0.3, -0.25) is 4.79 Å². The summed E-state index contributed by atoms with van der Waals surface area (Å²) in [6.07, 6.45) is 6.98. The zero-order valence-electron chi connectivity index (χ0n) is 10.3. The summed E-state index contributed by atoms with van der Waals surface area (Å²) >= 11 is 0. The molecule has 1 saturated carbocycles. The van der Waals surface area contributed by atoms with Gasteiger partial charge in [0.2, 0.25) is 0 Å². The first kappa shape index (κ1) is 12.7. The summed E-state index contributed by atoms with van der Waals surface area (Å²) < 4.78 is 5.32. The molecule has 0 aromatic heterocycles. The molecule has 0 amide bonds. The fourth-order valence-electron chi connectivity index (χ4n) is 2.51. The predicted octanol–water partition coefficient (Wildman–Crippen LogP) is 3.20. The van der Waals surface area contributed by atoms with Crippen LogP contribution in [0.2, 0.25) is 0 Å². The van der Waals surface area contributed by atoms with E-state index in [4.69, 9.17) is 4.74 Å². The first-order chi connectivity index (χ1) is 7.16. The number of hydrogen-bond acceptors (Lipinski definition) is 2. The fraction of sp³-hybridized carbons (Fsp3) is 0.923. The SMILES string of the molecule is COC(C(=O)C1CCCCCC1)C(C)C. The second kappa shape index (κ2) is 6.26. The molecular formula is C13H24O2. The van der Waals surface area contributed by atoms with Crippen LogP contribution in [-0.4, -0.2) is 19.0 Å². The lowest BCUT2D eigenvalue weighted by Gasteiger charge is -2.23. The van der Waals surface area contributed by atoms with Gasteiger partial charge in [-0.1, -0.05) is 39.5 Å². The summed E-state index contributed by atoms with van der Waals surface area (Å²) in [5.74, 6) is 0.903. The van der Waals surface area contributed by atoms with E-state index in [9.17, 15) is 4.79 Å². The van der Waals surface area contributed by atoms with Gasteiger partial charge in [0.05, 0.1) is 0 Å². The third-order valence-corrected chi connectivity index (χ3v) is 3.40. The molecule has 0 radical (unpaired) electrons. The first-order valence-electron chi connectivity index (χ1n) is 6.23. The number of ketones is 1. The van der Waals surface area contributed by atoms with Gasteiger partial charge in [-0.05, 0) is 18.8 Å². The van der Waals surface area contributed by atoms with Crippen molar-refractivity contribution in [3.05, 3.63) is 0 Å². The van der Waals surface area contributed by atoms with E-state index in [-0.39, 0.29) is 12.0 Å². The van der Waals surface area contributed by atoms with Crippen LogP contribution in [-0.2, 0) is 9.53 Å². The number of rotatable bonds is 4. The van der Waals surface area contributed by atoms with E-state index in [2.05, 4.69) is 13.8 Å². The zero-order valence-corrected chi connectivity index (χ0v) is 10.3. The lowest BCUT2D eigenvalue weighted by Crippen LogP contribution is -2.33. The first-order valence-corrected chi connectivity index (χ1v) is 6.23. The number of Topliss-reactive ketones (excluding diaryl/α,β-unsaturated/α-hetero) is 1. The minimum atomic E-state index is -0.187. The van der Waals surface area contributed by atoms with Gasteiger partial charge in [0.1, 0.15) is 6.10 Å². The van der Waals surface area contributed by atoms with E-state index < -0.39 is 0 Å². The molecule has 0 heterocycles. The molecule has 1 fully saturated rings. The Bertz CT molecular complexity index is 191. The Kier molecular flexibility index (Phi) is 5.30. The summed E-state index contributed by atoms with van der Waals surface area (Å²) in [4.78, 5) is 12.2. The zero-order chi connectivity index (χ0) is 11.3. The van der Waals surface area contributed by atoms with Crippen LogP contribution in [0.15, 0.2) is 0 Å². The second-order valence-corrected chi connectivity index (χ2v) is 4.99. The van der Waals surface area contributed by atoms with Gasteiger partial charge in [0, 0.05) is 13.0 Å². The largest absolute Gasteiger partial charge is 0.373 e. The molecule has 1 atom stereocenters. The van der Waals surface area contributed by atoms with Crippen LogP contribution in [0.3, 0.4) is 0 Å². The van der Waals surface area contributed by atoms with Gasteiger partial charge in [0.15, 0.2) is 5.78 Å². The molecule has 0 saturated heterocycles. The Morgan fingerprint density at radius 2 is 1.67 bits per heavy atom. The highest BCUT2D eigenvalue weighted by Gasteiger charge is 2.29. The van der Waals surface area contributed by atoms with E-state index >= 15 is 0 Å². The molecule has 15 heavy (non-hydrogen) atoms. The summed E-state index contributed by atoms with van der Waals surface area (Å²) in [6, 6.07) is 0. The summed E-state index contributed by atoms with van der Waals surface area (Å²) in [5, 5.41) is 0. The molecule has 0 N–H and O–H groups in total. The molecule has 1 aliphatic carbocycles. The third kappa shape index (κ3) is 3.60. The highest BCUT2D eigenvalue weighted by atomic mass is 16.5. The predicted molar refractivity (Wildman–Crippen MR) is 61.8 cm³/mol. The number of ether oxygens (including phenoxy) is 1. The molecule has 0 bridgehead atoms.